The van der Waals surface area contributed by atoms with E-state index in [0.717, 1.165) is 17.3 Å². The van der Waals surface area contributed by atoms with Gasteiger partial charge < -0.3 is 4.74 Å². The third-order valence-corrected chi connectivity index (χ3v) is 2.80. The molecule has 0 saturated heterocycles. The van der Waals surface area contributed by atoms with E-state index in [1.54, 1.807) is 36.4 Å². The molecule has 104 valence electrons. The fraction of sp³-hybridized carbons (Fsp3) is 0.0625. The molecule has 0 amide bonds. The van der Waals surface area contributed by atoms with Gasteiger partial charge in [0, 0.05) is 11.6 Å². The fourth-order valence-corrected chi connectivity index (χ4v) is 1.74. The summed E-state index contributed by atoms with van der Waals surface area (Å²) in [5.74, 6) is 0.640. The van der Waals surface area contributed by atoms with Crippen LogP contribution in [0.3, 0.4) is 0 Å². The first kappa shape index (κ1) is 14.3. The molecule has 0 fully saturated rings. The second-order valence-corrected chi connectivity index (χ2v) is 4.23. The molecule has 0 N–H and O–H groups in total. The van der Waals surface area contributed by atoms with Gasteiger partial charge in [-0.3, -0.25) is 10.1 Å². The van der Waals surface area contributed by atoms with Crippen molar-refractivity contribution in [1.82, 2.24) is 0 Å². The molecule has 0 aliphatic carbocycles. The highest BCUT2D eigenvalue weighted by Crippen LogP contribution is 2.16. The van der Waals surface area contributed by atoms with Gasteiger partial charge in [-0.25, -0.2) is 0 Å². The first-order valence-electron chi connectivity index (χ1n) is 6.21. The molecule has 0 atom stereocenters. The average Bonchev–Trinajstić information content (AvgIpc) is 2.52. The maximum absolute atomic E-state index is 10.2. The van der Waals surface area contributed by atoms with E-state index >= 15 is 0 Å². The van der Waals surface area contributed by atoms with Crippen LogP contribution in [0.4, 0.5) is 0 Å². The Morgan fingerprint density at radius 3 is 2.57 bits per heavy atom. The van der Waals surface area contributed by atoms with Crippen molar-refractivity contribution in [2.75, 3.05) is 0 Å². The number of ether oxygens (including phenoxy) is 1. The van der Waals surface area contributed by atoms with Crippen LogP contribution in [0.25, 0.3) is 6.08 Å². The van der Waals surface area contributed by atoms with Crippen LogP contribution in [0.1, 0.15) is 16.7 Å². The van der Waals surface area contributed by atoms with Crippen molar-refractivity contribution in [1.29, 1.82) is 5.26 Å². The number of hydrogen-bond donors (Lipinski definition) is 0. The van der Waals surface area contributed by atoms with Crippen molar-refractivity contribution >= 4 is 6.08 Å². The Hall–Kier alpha value is -3.13. The second kappa shape index (κ2) is 6.87. The zero-order valence-electron chi connectivity index (χ0n) is 11.1. The highest BCUT2D eigenvalue weighted by molar-refractivity contribution is 5.49. The van der Waals surface area contributed by atoms with E-state index in [2.05, 4.69) is 6.07 Å². The van der Waals surface area contributed by atoms with Crippen LogP contribution in [0, 0.1) is 21.4 Å². The van der Waals surface area contributed by atoms with Crippen molar-refractivity contribution in [2.24, 2.45) is 0 Å². The number of nitriles is 1. The van der Waals surface area contributed by atoms with E-state index in [0.29, 0.717) is 17.9 Å². The van der Waals surface area contributed by atoms with Gasteiger partial charge in [0.15, 0.2) is 0 Å². The molecular weight excluding hydrogens is 268 g/mol. The van der Waals surface area contributed by atoms with Gasteiger partial charge in [-0.2, -0.15) is 5.26 Å². The lowest BCUT2D eigenvalue weighted by molar-refractivity contribution is -0.400. The number of nitrogens with zero attached hydrogens (tertiary/aromatic N) is 2. The molecule has 0 aliphatic rings. The van der Waals surface area contributed by atoms with Crippen LogP contribution >= 0.6 is 0 Å². The Morgan fingerprint density at radius 2 is 1.90 bits per heavy atom. The van der Waals surface area contributed by atoms with E-state index < -0.39 is 4.92 Å². The summed E-state index contributed by atoms with van der Waals surface area (Å²) < 4.78 is 5.61. The maximum Gasteiger partial charge on any atom is 0.235 e. The quantitative estimate of drug-likeness (QED) is 0.621. The SMILES string of the molecule is N#Cc1ccccc1COc1ccc(C=C[N+](=O)[O-])cc1. The maximum atomic E-state index is 10.2. The Balaban J connectivity index is 2.01. The minimum Gasteiger partial charge on any atom is -0.489 e. The van der Waals surface area contributed by atoms with Crippen LogP contribution < -0.4 is 4.74 Å². The largest absolute Gasteiger partial charge is 0.489 e. The molecule has 0 spiro atoms. The minimum absolute atomic E-state index is 0.299. The lowest BCUT2D eigenvalue weighted by atomic mass is 10.1. The molecule has 5 heteroatoms. The summed E-state index contributed by atoms with van der Waals surface area (Å²) in [5, 5.41) is 19.2. The number of benzene rings is 2. The Labute approximate surface area is 121 Å². The molecule has 0 heterocycles. The Kier molecular flexibility index (Phi) is 4.67. The number of nitro groups is 1. The van der Waals surface area contributed by atoms with Gasteiger partial charge in [0.25, 0.3) is 0 Å². The summed E-state index contributed by atoms with van der Waals surface area (Å²) in [4.78, 5) is 9.72. The normalized spacial score (nSPS) is 10.2. The Bertz CT molecular complexity index is 700. The molecular formula is C16H12N2O3. The summed E-state index contributed by atoms with van der Waals surface area (Å²) in [5.41, 5.74) is 2.12. The zero-order chi connectivity index (χ0) is 15.1. The summed E-state index contributed by atoms with van der Waals surface area (Å²) >= 11 is 0. The smallest absolute Gasteiger partial charge is 0.235 e. The molecule has 21 heavy (non-hydrogen) atoms. The van der Waals surface area contributed by atoms with Crippen LogP contribution in [0.2, 0.25) is 0 Å². The first-order valence-corrected chi connectivity index (χ1v) is 6.21. The molecule has 0 radical (unpaired) electrons. The van der Waals surface area contributed by atoms with Gasteiger partial charge >= 0.3 is 0 Å². The predicted molar refractivity (Wildman–Crippen MR) is 78.0 cm³/mol. The average molecular weight is 280 g/mol. The zero-order valence-corrected chi connectivity index (χ0v) is 11.1. The monoisotopic (exact) mass is 280 g/mol. The van der Waals surface area contributed by atoms with Crippen molar-refractivity contribution in [2.45, 2.75) is 6.61 Å². The molecule has 2 aromatic carbocycles. The van der Waals surface area contributed by atoms with Gasteiger partial charge in [-0.15, -0.1) is 0 Å². The first-order chi connectivity index (χ1) is 10.2. The predicted octanol–water partition coefficient (Wildman–Crippen LogP) is 3.38. The van der Waals surface area contributed by atoms with Crippen molar-refractivity contribution in [3.8, 4) is 11.8 Å². The van der Waals surface area contributed by atoms with E-state index in [4.69, 9.17) is 10.00 Å². The number of rotatable bonds is 5. The van der Waals surface area contributed by atoms with E-state index in [1.165, 1.54) is 6.08 Å². The lowest BCUT2D eigenvalue weighted by Gasteiger charge is -2.07. The molecule has 0 saturated carbocycles. The Morgan fingerprint density at radius 1 is 1.19 bits per heavy atom. The molecule has 0 unspecified atom stereocenters. The van der Waals surface area contributed by atoms with Gasteiger partial charge in [-0.1, -0.05) is 30.3 Å². The molecule has 2 aromatic rings. The highest BCUT2D eigenvalue weighted by atomic mass is 16.6. The summed E-state index contributed by atoms with van der Waals surface area (Å²) in [7, 11) is 0. The van der Waals surface area contributed by atoms with Crippen molar-refractivity contribution in [3.05, 3.63) is 81.5 Å². The fourth-order valence-electron chi connectivity index (χ4n) is 1.74. The minimum atomic E-state index is -0.511. The van der Waals surface area contributed by atoms with Crippen LogP contribution in [-0.4, -0.2) is 4.92 Å². The van der Waals surface area contributed by atoms with Crippen molar-refractivity contribution < 1.29 is 9.66 Å². The second-order valence-electron chi connectivity index (χ2n) is 4.23. The molecule has 0 bridgehead atoms. The topological polar surface area (TPSA) is 76.2 Å². The molecule has 5 nitrogen and oxygen atoms in total. The number of hydrogen-bond acceptors (Lipinski definition) is 4. The summed E-state index contributed by atoms with van der Waals surface area (Å²) in [6.45, 7) is 0.299. The van der Waals surface area contributed by atoms with Gasteiger partial charge in [0.1, 0.15) is 12.4 Å². The third-order valence-electron chi connectivity index (χ3n) is 2.80. The molecule has 2 rings (SSSR count). The standard InChI is InChI=1S/C16H12N2O3/c17-11-14-3-1-2-4-15(14)12-21-16-7-5-13(6-8-16)9-10-18(19)20/h1-10H,12H2. The summed E-state index contributed by atoms with van der Waals surface area (Å²) in [6, 6.07) is 16.3. The summed E-state index contributed by atoms with van der Waals surface area (Å²) in [6.07, 6.45) is 2.30. The molecule has 0 aliphatic heterocycles. The third kappa shape index (κ3) is 4.18. The van der Waals surface area contributed by atoms with Gasteiger partial charge in [0.05, 0.1) is 16.6 Å². The van der Waals surface area contributed by atoms with E-state index in [1.807, 2.05) is 12.1 Å². The molecule has 0 aromatic heterocycles. The van der Waals surface area contributed by atoms with Crippen LogP contribution in [0.15, 0.2) is 54.7 Å². The van der Waals surface area contributed by atoms with E-state index in [9.17, 15) is 10.1 Å². The van der Waals surface area contributed by atoms with Crippen LogP contribution in [0.5, 0.6) is 5.75 Å². The van der Waals surface area contributed by atoms with Crippen LogP contribution in [-0.2, 0) is 6.61 Å². The van der Waals surface area contributed by atoms with Gasteiger partial charge in [0.2, 0.25) is 6.20 Å². The van der Waals surface area contributed by atoms with Gasteiger partial charge in [-0.05, 0) is 23.8 Å². The van der Waals surface area contributed by atoms with Crippen molar-refractivity contribution in [3.63, 3.8) is 0 Å². The highest BCUT2D eigenvalue weighted by Gasteiger charge is 2.02. The lowest BCUT2D eigenvalue weighted by Crippen LogP contribution is -1.97. The van der Waals surface area contributed by atoms with E-state index in [-0.39, 0.29) is 0 Å².